The summed E-state index contributed by atoms with van der Waals surface area (Å²) in [6.45, 7) is 4.34. The summed E-state index contributed by atoms with van der Waals surface area (Å²) >= 11 is 0. The number of carbonyl (C=O) groups excluding carboxylic acids is 1. The van der Waals surface area contributed by atoms with Gasteiger partial charge in [0.05, 0.1) is 4.90 Å². The van der Waals surface area contributed by atoms with Crippen LogP contribution < -0.4 is 15.2 Å². The molecule has 3 aromatic carbocycles. The number of rotatable bonds is 6. The van der Waals surface area contributed by atoms with Crippen LogP contribution in [-0.2, 0) is 14.8 Å². The van der Waals surface area contributed by atoms with E-state index in [-0.39, 0.29) is 16.4 Å². The van der Waals surface area contributed by atoms with E-state index in [9.17, 15) is 18.0 Å². The molecule has 1 saturated heterocycles. The number of nitrogens with zero attached hydrogens (tertiary/aromatic N) is 2. The SMILES string of the molecule is Cc1ccc(N2CCN(C(=O)C(NS(=O)(=O)c3ccc4[nH]c(=O)ccc4c3)c3ccccc3)CC2)cc1. The Hall–Kier alpha value is -3.95. The number of nitrogens with one attached hydrogen (secondary N) is 2. The van der Waals surface area contributed by atoms with E-state index >= 15 is 0 Å². The highest BCUT2D eigenvalue weighted by molar-refractivity contribution is 7.89. The average molecular weight is 517 g/mol. The average Bonchev–Trinajstić information content (AvgIpc) is 2.92. The maximum atomic E-state index is 13.7. The first-order valence-corrected chi connectivity index (χ1v) is 13.6. The Labute approximate surface area is 215 Å². The Morgan fingerprint density at radius 2 is 1.59 bits per heavy atom. The smallest absolute Gasteiger partial charge is 0.248 e. The van der Waals surface area contributed by atoms with Gasteiger partial charge in [-0.05, 0) is 54.3 Å². The predicted molar refractivity (Wildman–Crippen MR) is 144 cm³/mol. The molecule has 2 heterocycles. The fourth-order valence-electron chi connectivity index (χ4n) is 4.55. The summed E-state index contributed by atoms with van der Waals surface area (Å²) in [5.41, 5.74) is 3.14. The zero-order valence-corrected chi connectivity index (χ0v) is 21.2. The maximum absolute atomic E-state index is 13.7. The van der Waals surface area contributed by atoms with Gasteiger partial charge >= 0.3 is 0 Å². The number of aryl methyl sites for hydroxylation is 1. The van der Waals surface area contributed by atoms with Crippen molar-refractivity contribution < 1.29 is 13.2 Å². The monoisotopic (exact) mass is 516 g/mol. The van der Waals surface area contributed by atoms with Gasteiger partial charge in [0.2, 0.25) is 21.5 Å². The van der Waals surface area contributed by atoms with Crippen LogP contribution in [0.3, 0.4) is 0 Å². The summed E-state index contributed by atoms with van der Waals surface area (Å²) in [6.07, 6.45) is 0. The van der Waals surface area contributed by atoms with Crippen LogP contribution in [0.15, 0.2) is 94.6 Å². The molecule has 1 aliphatic rings. The van der Waals surface area contributed by atoms with Gasteiger partial charge in [-0.15, -0.1) is 0 Å². The standard InChI is InChI=1S/C28H28N4O4S/c1-20-7-10-23(11-8-20)31-15-17-32(18-16-31)28(34)27(21-5-3-2-4-6-21)30-37(35,36)24-12-13-25-22(19-24)9-14-26(33)29-25/h2-14,19,27,30H,15-18H2,1H3,(H,29,33). The molecule has 4 aromatic rings. The van der Waals surface area contributed by atoms with Crippen molar-refractivity contribution in [2.75, 3.05) is 31.1 Å². The molecule has 1 unspecified atom stereocenters. The molecule has 0 saturated carbocycles. The van der Waals surface area contributed by atoms with Crippen LogP contribution in [0, 0.1) is 6.92 Å². The van der Waals surface area contributed by atoms with E-state index < -0.39 is 16.1 Å². The van der Waals surface area contributed by atoms with Gasteiger partial charge in [-0.3, -0.25) is 9.59 Å². The Morgan fingerprint density at radius 3 is 2.30 bits per heavy atom. The summed E-state index contributed by atoms with van der Waals surface area (Å²) in [5, 5.41) is 0.581. The van der Waals surface area contributed by atoms with E-state index in [4.69, 9.17) is 0 Å². The van der Waals surface area contributed by atoms with E-state index in [1.54, 1.807) is 41.3 Å². The summed E-state index contributed by atoms with van der Waals surface area (Å²) in [7, 11) is -4.05. The molecule has 1 fully saturated rings. The largest absolute Gasteiger partial charge is 0.368 e. The molecule has 1 amide bonds. The minimum Gasteiger partial charge on any atom is -0.368 e. The lowest BCUT2D eigenvalue weighted by Crippen LogP contribution is -2.52. The fourth-order valence-corrected chi connectivity index (χ4v) is 5.77. The summed E-state index contributed by atoms with van der Waals surface area (Å²) < 4.78 is 29.5. The Bertz CT molecular complexity index is 1580. The zero-order chi connectivity index (χ0) is 26.0. The Balaban J connectivity index is 1.38. The number of aromatic nitrogens is 1. The molecule has 0 spiro atoms. The van der Waals surface area contributed by atoms with Crippen molar-refractivity contribution in [2.24, 2.45) is 0 Å². The summed E-state index contributed by atoms with van der Waals surface area (Å²) in [5.74, 6) is -0.288. The summed E-state index contributed by atoms with van der Waals surface area (Å²) in [6, 6.07) is 23.5. The Morgan fingerprint density at radius 1 is 0.892 bits per heavy atom. The van der Waals surface area contributed by atoms with Gasteiger partial charge < -0.3 is 14.8 Å². The number of pyridine rings is 1. The Kier molecular flexibility index (Phi) is 6.82. The van der Waals surface area contributed by atoms with E-state index in [1.807, 2.05) is 13.0 Å². The van der Waals surface area contributed by atoms with Gasteiger partial charge in [0.25, 0.3) is 0 Å². The first-order chi connectivity index (χ1) is 17.8. The number of hydrogen-bond acceptors (Lipinski definition) is 5. The molecule has 1 aliphatic heterocycles. The number of piperazine rings is 1. The second-order valence-electron chi connectivity index (χ2n) is 9.18. The first kappa shape index (κ1) is 24.7. The molecule has 0 aliphatic carbocycles. The van der Waals surface area contributed by atoms with Gasteiger partial charge in [-0.2, -0.15) is 4.72 Å². The number of carbonyl (C=O) groups is 1. The molecule has 37 heavy (non-hydrogen) atoms. The second kappa shape index (κ2) is 10.2. The predicted octanol–water partition coefficient (Wildman–Crippen LogP) is 3.20. The van der Waals surface area contributed by atoms with Gasteiger partial charge in [0.15, 0.2) is 0 Å². The number of sulfonamides is 1. The molecule has 9 heteroatoms. The highest BCUT2D eigenvalue weighted by Gasteiger charge is 2.32. The highest BCUT2D eigenvalue weighted by Crippen LogP contribution is 2.24. The van der Waals surface area contributed by atoms with E-state index in [0.717, 1.165) is 5.69 Å². The lowest BCUT2D eigenvalue weighted by Gasteiger charge is -2.37. The number of fused-ring (bicyclic) bond motifs is 1. The number of amides is 1. The van der Waals surface area contributed by atoms with Crippen molar-refractivity contribution in [1.82, 2.24) is 14.6 Å². The molecule has 5 rings (SSSR count). The lowest BCUT2D eigenvalue weighted by molar-refractivity contribution is -0.133. The molecule has 8 nitrogen and oxygen atoms in total. The third-order valence-electron chi connectivity index (χ3n) is 6.65. The molecular formula is C28H28N4O4S. The third-order valence-corrected chi connectivity index (χ3v) is 8.07. The molecular weight excluding hydrogens is 488 g/mol. The van der Waals surface area contributed by atoms with Crippen molar-refractivity contribution in [1.29, 1.82) is 0 Å². The quantitative estimate of drug-likeness (QED) is 0.410. The normalized spacial score (nSPS) is 15.1. The van der Waals surface area contributed by atoms with E-state index in [2.05, 4.69) is 38.9 Å². The van der Waals surface area contributed by atoms with Crippen LogP contribution in [-0.4, -0.2) is 50.4 Å². The highest BCUT2D eigenvalue weighted by atomic mass is 32.2. The number of H-pyrrole nitrogens is 1. The van der Waals surface area contributed by atoms with Crippen molar-refractivity contribution >= 4 is 32.5 Å². The van der Waals surface area contributed by atoms with Crippen LogP contribution >= 0.6 is 0 Å². The fraction of sp³-hybridized carbons (Fsp3) is 0.214. The van der Waals surface area contributed by atoms with E-state index in [1.165, 1.54) is 23.8 Å². The second-order valence-corrected chi connectivity index (χ2v) is 10.9. The van der Waals surface area contributed by atoms with Crippen LogP contribution in [0.5, 0.6) is 0 Å². The van der Waals surface area contributed by atoms with Crippen molar-refractivity contribution in [3.63, 3.8) is 0 Å². The van der Waals surface area contributed by atoms with Crippen molar-refractivity contribution in [2.45, 2.75) is 17.9 Å². The topological polar surface area (TPSA) is 103 Å². The van der Waals surface area contributed by atoms with Crippen LogP contribution in [0.25, 0.3) is 10.9 Å². The minimum atomic E-state index is -4.05. The van der Waals surface area contributed by atoms with Crippen LogP contribution in [0.2, 0.25) is 0 Å². The van der Waals surface area contributed by atoms with Crippen LogP contribution in [0.4, 0.5) is 5.69 Å². The minimum absolute atomic E-state index is 0.0185. The lowest BCUT2D eigenvalue weighted by atomic mass is 10.1. The number of aromatic amines is 1. The van der Waals surface area contributed by atoms with Crippen LogP contribution in [0.1, 0.15) is 17.2 Å². The molecule has 2 N–H and O–H groups in total. The first-order valence-electron chi connectivity index (χ1n) is 12.1. The zero-order valence-electron chi connectivity index (χ0n) is 20.4. The third kappa shape index (κ3) is 5.42. The molecule has 1 atom stereocenters. The number of anilines is 1. The van der Waals surface area contributed by atoms with Crippen molar-refractivity contribution in [3.8, 4) is 0 Å². The number of hydrogen-bond donors (Lipinski definition) is 2. The maximum Gasteiger partial charge on any atom is 0.248 e. The van der Waals surface area contributed by atoms with Gasteiger partial charge in [-0.25, -0.2) is 8.42 Å². The molecule has 0 bridgehead atoms. The number of benzene rings is 3. The molecule has 190 valence electrons. The molecule has 1 aromatic heterocycles. The van der Waals surface area contributed by atoms with Gasteiger partial charge in [0, 0.05) is 43.4 Å². The molecule has 0 radical (unpaired) electrons. The summed E-state index contributed by atoms with van der Waals surface area (Å²) in [4.78, 5) is 31.9. The van der Waals surface area contributed by atoms with Gasteiger partial charge in [-0.1, -0.05) is 48.0 Å². The van der Waals surface area contributed by atoms with E-state index in [0.29, 0.717) is 42.6 Å². The van der Waals surface area contributed by atoms with Gasteiger partial charge in [0.1, 0.15) is 6.04 Å². The van der Waals surface area contributed by atoms with Crippen molar-refractivity contribution in [3.05, 3.63) is 106 Å².